The molecule has 3 heterocycles. The predicted molar refractivity (Wildman–Crippen MR) is 186 cm³/mol. The van der Waals surface area contributed by atoms with Gasteiger partial charge >= 0.3 is 0 Å². The van der Waals surface area contributed by atoms with Gasteiger partial charge < -0.3 is 4.57 Å². The van der Waals surface area contributed by atoms with Crippen molar-refractivity contribution < 1.29 is 0 Å². The number of hydrogen-bond acceptors (Lipinski definition) is 3. The Bertz CT molecular complexity index is 2420. The summed E-state index contributed by atoms with van der Waals surface area (Å²) < 4.78 is 3.70. The van der Waals surface area contributed by atoms with E-state index < -0.39 is 0 Å². The third-order valence-corrected chi connectivity index (χ3v) is 9.36. The van der Waals surface area contributed by atoms with Gasteiger partial charge in [0.2, 0.25) is 0 Å². The Morgan fingerprint density at radius 3 is 1.93 bits per heavy atom. The van der Waals surface area contributed by atoms with Crippen LogP contribution in [0.5, 0.6) is 0 Å². The molecule has 3 nitrogen and oxygen atoms in total. The zero-order valence-electron chi connectivity index (χ0n) is 23.7. The van der Waals surface area contributed by atoms with E-state index in [9.17, 15) is 0 Å². The Morgan fingerprint density at radius 1 is 0.477 bits per heavy atom. The molecule has 0 N–H and O–H groups in total. The zero-order valence-corrected chi connectivity index (χ0v) is 24.5. The number of nitrogens with zero attached hydrogens (tertiary/aromatic N) is 3. The molecule has 3 aromatic heterocycles. The summed E-state index contributed by atoms with van der Waals surface area (Å²) in [6, 6.07) is 51.5. The van der Waals surface area contributed by atoms with Crippen LogP contribution in [0, 0.1) is 0 Å². The molecule has 44 heavy (non-hydrogen) atoms. The lowest BCUT2D eigenvalue weighted by atomic mass is 10.0. The molecular formula is C40H25N3S. The second kappa shape index (κ2) is 10.0. The van der Waals surface area contributed by atoms with Crippen LogP contribution in [-0.2, 0) is 0 Å². The fourth-order valence-corrected chi connectivity index (χ4v) is 7.17. The standard InChI is InChI=1S/C40H25N3S/c1-3-10-27(11-4-1)34-24-35(42-40(41-34)29-12-5-2-6-13-29)28-15-18-31(19-16-28)43-36-20-17-26-9-7-8-14-32(26)39(36)33-23-30-21-22-44-38(30)25-37(33)43/h1-25H. The molecule has 0 spiro atoms. The molecular weight excluding hydrogens is 555 g/mol. The molecule has 0 saturated heterocycles. The average Bonchev–Trinajstić information content (AvgIpc) is 3.69. The summed E-state index contributed by atoms with van der Waals surface area (Å²) in [5, 5.41) is 8.58. The normalized spacial score (nSPS) is 11.6. The molecule has 0 atom stereocenters. The lowest BCUT2D eigenvalue weighted by Gasteiger charge is -2.11. The van der Waals surface area contributed by atoms with Gasteiger partial charge in [-0.05, 0) is 64.0 Å². The molecule has 0 aliphatic rings. The van der Waals surface area contributed by atoms with Gasteiger partial charge in [-0.15, -0.1) is 11.3 Å². The second-order valence-corrected chi connectivity index (χ2v) is 12.0. The average molecular weight is 580 g/mol. The van der Waals surface area contributed by atoms with Crippen molar-refractivity contribution in [3.8, 4) is 39.6 Å². The molecule has 0 saturated carbocycles. The van der Waals surface area contributed by atoms with Crippen LogP contribution in [0.25, 0.3) is 82.3 Å². The van der Waals surface area contributed by atoms with Gasteiger partial charge in [0.25, 0.3) is 0 Å². The first-order chi connectivity index (χ1) is 21.8. The molecule has 0 unspecified atom stereocenters. The highest BCUT2D eigenvalue weighted by atomic mass is 32.1. The molecule has 9 aromatic rings. The predicted octanol–water partition coefficient (Wildman–Crippen LogP) is 10.9. The van der Waals surface area contributed by atoms with E-state index in [0.29, 0.717) is 0 Å². The smallest absolute Gasteiger partial charge is 0.160 e. The van der Waals surface area contributed by atoms with Gasteiger partial charge in [-0.1, -0.05) is 103 Å². The molecule has 4 heteroatoms. The maximum Gasteiger partial charge on any atom is 0.160 e. The summed E-state index contributed by atoms with van der Waals surface area (Å²) in [7, 11) is 0. The molecule has 9 rings (SSSR count). The highest BCUT2D eigenvalue weighted by molar-refractivity contribution is 7.17. The highest BCUT2D eigenvalue weighted by Gasteiger charge is 2.17. The molecule has 0 radical (unpaired) electrons. The van der Waals surface area contributed by atoms with Crippen molar-refractivity contribution in [3.05, 3.63) is 151 Å². The number of fused-ring (bicyclic) bond motifs is 6. The monoisotopic (exact) mass is 579 g/mol. The highest BCUT2D eigenvalue weighted by Crippen LogP contribution is 2.40. The van der Waals surface area contributed by atoms with E-state index in [4.69, 9.17) is 9.97 Å². The van der Waals surface area contributed by atoms with Crippen molar-refractivity contribution in [3.63, 3.8) is 0 Å². The van der Waals surface area contributed by atoms with Crippen LogP contribution in [0.4, 0.5) is 0 Å². The van der Waals surface area contributed by atoms with E-state index in [1.54, 1.807) is 11.3 Å². The van der Waals surface area contributed by atoms with E-state index in [2.05, 4.69) is 119 Å². The van der Waals surface area contributed by atoms with Crippen molar-refractivity contribution in [2.75, 3.05) is 0 Å². The molecule has 0 aliphatic heterocycles. The van der Waals surface area contributed by atoms with Crippen molar-refractivity contribution in [2.45, 2.75) is 0 Å². The lowest BCUT2D eigenvalue weighted by molar-refractivity contribution is 1.17. The van der Waals surface area contributed by atoms with Gasteiger partial charge in [-0.25, -0.2) is 9.97 Å². The van der Waals surface area contributed by atoms with Crippen LogP contribution in [0.15, 0.2) is 151 Å². The van der Waals surface area contributed by atoms with Crippen LogP contribution < -0.4 is 0 Å². The quantitative estimate of drug-likeness (QED) is 0.208. The van der Waals surface area contributed by atoms with E-state index in [1.807, 2.05) is 36.4 Å². The molecule has 206 valence electrons. The number of benzene rings is 6. The minimum atomic E-state index is 0.722. The van der Waals surface area contributed by atoms with Crippen molar-refractivity contribution >= 4 is 54.0 Å². The summed E-state index contributed by atoms with van der Waals surface area (Å²) in [6.45, 7) is 0. The van der Waals surface area contributed by atoms with E-state index >= 15 is 0 Å². The van der Waals surface area contributed by atoms with Crippen molar-refractivity contribution in [1.82, 2.24) is 14.5 Å². The van der Waals surface area contributed by atoms with Gasteiger partial charge in [0.1, 0.15) is 0 Å². The molecule has 0 amide bonds. The zero-order chi connectivity index (χ0) is 29.0. The van der Waals surface area contributed by atoms with Gasteiger partial charge in [-0.2, -0.15) is 0 Å². The van der Waals surface area contributed by atoms with Crippen molar-refractivity contribution in [2.24, 2.45) is 0 Å². The van der Waals surface area contributed by atoms with Crippen LogP contribution >= 0.6 is 11.3 Å². The Morgan fingerprint density at radius 2 is 1.16 bits per heavy atom. The van der Waals surface area contributed by atoms with Gasteiger partial charge in [-0.3, -0.25) is 0 Å². The van der Waals surface area contributed by atoms with E-state index in [0.717, 1.165) is 39.6 Å². The van der Waals surface area contributed by atoms with Gasteiger partial charge in [0.15, 0.2) is 5.82 Å². The van der Waals surface area contributed by atoms with Gasteiger partial charge in [0, 0.05) is 37.9 Å². The number of rotatable bonds is 4. The van der Waals surface area contributed by atoms with Gasteiger partial charge in [0.05, 0.1) is 22.4 Å². The molecule has 0 aliphatic carbocycles. The third-order valence-electron chi connectivity index (χ3n) is 8.48. The SMILES string of the molecule is c1ccc(-c2cc(-c3ccc(-n4c5cc6sccc6cc5c5c6ccccc6ccc54)cc3)nc(-c3ccccc3)n2)cc1. The second-order valence-electron chi connectivity index (χ2n) is 11.1. The molecule has 0 bridgehead atoms. The number of aromatic nitrogens is 3. The fraction of sp³-hybridized carbons (Fsp3) is 0. The maximum absolute atomic E-state index is 5.04. The van der Waals surface area contributed by atoms with E-state index in [-0.39, 0.29) is 0 Å². The van der Waals surface area contributed by atoms with Crippen LogP contribution in [0.3, 0.4) is 0 Å². The largest absolute Gasteiger partial charge is 0.309 e. The van der Waals surface area contributed by atoms with Crippen LogP contribution in [0.2, 0.25) is 0 Å². The summed E-state index contributed by atoms with van der Waals surface area (Å²) in [5.41, 5.74) is 8.49. The first-order valence-electron chi connectivity index (χ1n) is 14.7. The summed E-state index contributed by atoms with van der Waals surface area (Å²) in [4.78, 5) is 9.99. The first-order valence-corrected chi connectivity index (χ1v) is 15.6. The summed E-state index contributed by atoms with van der Waals surface area (Å²) in [6.07, 6.45) is 0. The Hall–Kier alpha value is -5.58. The maximum atomic E-state index is 5.04. The summed E-state index contributed by atoms with van der Waals surface area (Å²) >= 11 is 1.79. The topological polar surface area (TPSA) is 30.7 Å². The Kier molecular flexibility index (Phi) is 5.68. The number of hydrogen-bond donors (Lipinski definition) is 0. The minimum Gasteiger partial charge on any atom is -0.309 e. The fourth-order valence-electron chi connectivity index (χ4n) is 6.37. The molecule has 0 fully saturated rings. The minimum absolute atomic E-state index is 0.722. The number of thiophene rings is 1. The lowest BCUT2D eigenvalue weighted by Crippen LogP contribution is -1.97. The molecule has 6 aromatic carbocycles. The summed E-state index contributed by atoms with van der Waals surface area (Å²) in [5.74, 6) is 0.722. The van der Waals surface area contributed by atoms with Crippen LogP contribution in [-0.4, -0.2) is 14.5 Å². The third kappa shape index (κ3) is 4.03. The first kappa shape index (κ1) is 25.0. The van der Waals surface area contributed by atoms with Crippen molar-refractivity contribution in [1.29, 1.82) is 0 Å². The van der Waals surface area contributed by atoms with Crippen LogP contribution in [0.1, 0.15) is 0 Å². The Balaban J connectivity index is 1.23. The van der Waals surface area contributed by atoms with E-state index in [1.165, 1.54) is 42.7 Å². The Labute approximate surface area is 258 Å².